The number of hydrogen-bond acceptors (Lipinski definition) is 3. The number of carbonyl (C=O) groups is 1. The van der Waals surface area contributed by atoms with Gasteiger partial charge < -0.3 is 14.8 Å². The molecule has 1 heterocycles. The highest BCUT2D eigenvalue weighted by Crippen LogP contribution is 2.21. The lowest BCUT2D eigenvalue weighted by molar-refractivity contribution is 0.0691. The van der Waals surface area contributed by atoms with Gasteiger partial charge in [0.1, 0.15) is 11.4 Å². The number of nitrogens with one attached hydrogen (secondary N) is 1. The van der Waals surface area contributed by atoms with Crippen LogP contribution in [0.2, 0.25) is 0 Å². The fourth-order valence-electron chi connectivity index (χ4n) is 1.71. The maximum absolute atomic E-state index is 10.8. The molecule has 0 saturated heterocycles. The molecule has 0 spiro atoms. The molecule has 1 aromatic carbocycles. The van der Waals surface area contributed by atoms with E-state index in [1.807, 2.05) is 18.2 Å². The Hall–Kier alpha value is -1.62. The fraction of sp³-hybridized carbons (Fsp3) is 0.308. The summed E-state index contributed by atoms with van der Waals surface area (Å²) in [7, 11) is 0. The molecule has 0 amide bonds. The molecule has 2 aromatic rings. The number of carboxylic acids is 1. The van der Waals surface area contributed by atoms with Gasteiger partial charge >= 0.3 is 5.97 Å². The van der Waals surface area contributed by atoms with Gasteiger partial charge in [0.05, 0.1) is 6.61 Å². The fourth-order valence-corrected chi connectivity index (χ4v) is 2.12. The first-order valence-electron chi connectivity index (χ1n) is 5.68. The van der Waals surface area contributed by atoms with Gasteiger partial charge in [-0.25, -0.2) is 4.79 Å². The van der Waals surface area contributed by atoms with E-state index in [0.29, 0.717) is 6.61 Å². The minimum atomic E-state index is -0.950. The van der Waals surface area contributed by atoms with E-state index in [0.717, 1.165) is 28.8 Å². The number of thioether (sulfide) groups is 1. The summed E-state index contributed by atoms with van der Waals surface area (Å²) >= 11 is 1.80. The monoisotopic (exact) mass is 265 g/mol. The van der Waals surface area contributed by atoms with E-state index in [1.165, 1.54) is 0 Å². The Kier molecular flexibility index (Phi) is 4.15. The van der Waals surface area contributed by atoms with Crippen LogP contribution in [0.4, 0.5) is 0 Å². The zero-order valence-electron chi connectivity index (χ0n) is 10.1. The van der Waals surface area contributed by atoms with Crippen LogP contribution in [0.1, 0.15) is 16.9 Å². The lowest BCUT2D eigenvalue weighted by atomic mass is 10.2. The molecule has 0 radical (unpaired) electrons. The number of hydrogen-bond donors (Lipinski definition) is 2. The number of aromatic nitrogens is 1. The number of carboxylic acid groups (broad SMARTS) is 1. The Morgan fingerprint density at radius 1 is 1.44 bits per heavy atom. The molecule has 0 atom stereocenters. The summed E-state index contributed by atoms with van der Waals surface area (Å²) in [6.07, 6.45) is 3.08. The first-order chi connectivity index (χ1) is 8.70. The van der Waals surface area contributed by atoms with Gasteiger partial charge in [-0.15, -0.1) is 0 Å². The number of aromatic carboxylic acids is 1. The molecule has 2 rings (SSSR count). The largest absolute Gasteiger partial charge is 0.494 e. The van der Waals surface area contributed by atoms with E-state index < -0.39 is 5.97 Å². The molecule has 0 aliphatic heterocycles. The minimum Gasteiger partial charge on any atom is -0.494 e. The summed E-state index contributed by atoms with van der Waals surface area (Å²) in [5, 5.41) is 9.75. The van der Waals surface area contributed by atoms with Gasteiger partial charge in [-0.3, -0.25) is 0 Å². The summed E-state index contributed by atoms with van der Waals surface area (Å²) in [6, 6.07) is 7.17. The lowest BCUT2D eigenvalue weighted by Gasteiger charge is -2.05. The highest BCUT2D eigenvalue weighted by Gasteiger charge is 2.07. The van der Waals surface area contributed by atoms with E-state index in [-0.39, 0.29) is 5.69 Å². The predicted molar refractivity (Wildman–Crippen MR) is 73.8 cm³/mol. The van der Waals surface area contributed by atoms with Gasteiger partial charge in [0.25, 0.3) is 0 Å². The average molecular weight is 265 g/mol. The normalized spacial score (nSPS) is 10.7. The second kappa shape index (κ2) is 5.82. The molecule has 0 saturated carbocycles. The van der Waals surface area contributed by atoms with Crippen LogP contribution in [0, 0.1) is 0 Å². The molecule has 1 aromatic heterocycles. The SMILES string of the molecule is CSCCCOc1ccc2[nH]c(C(=O)O)cc2c1. The van der Waals surface area contributed by atoms with Crippen molar-refractivity contribution < 1.29 is 14.6 Å². The number of aromatic amines is 1. The molecule has 0 bridgehead atoms. The van der Waals surface area contributed by atoms with E-state index >= 15 is 0 Å². The van der Waals surface area contributed by atoms with E-state index in [4.69, 9.17) is 9.84 Å². The maximum Gasteiger partial charge on any atom is 0.352 e. The van der Waals surface area contributed by atoms with Gasteiger partial charge in [0.2, 0.25) is 0 Å². The first kappa shape index (κ1) is 12.8. The Bertz CT molecular complexity index is 550. The van der Waals surface area contributed by atoms with Crippen LogP contribution < -0.4 is 4.74 Å². The second-order valence-electron chi connectivity index (χ2n) is 3.93. The topological polar surface area (TPSA) is 62.3 Å². The molecule has 0 aliphatic rings. The van der Waals surface area contributed by atoms with Crippen LogP contribution in [0.5, 0.6) is 5.75 Å². The molecular weight excluding hydrogens is 250 g/mol. The lowest BCUT2D eigenvalue weighted by Crippen LogP contribution is -1.98. The van der Waals surface area contributed by atoms with Gasteiger partial charge in [0, 0.05) is 10.9 Å². The van der Waals surface area contributed by atoms with E-state index in [1.54, 1.807) is 17.8 Å². The Morgan fingerprint density at radius 2 is 2.28 bits per heavy atom. The third-order valence-corrected chi connectivity index (χ3v) is 3.28. The van der Waals surface area contributed by atoms with Crippen molar-refractivity contribution in [2.24, 2.45) is 0 Å². The van der Waals surface area contributed by atoms with Gasteiger partial charge in [-0.1, -0.05) is 0 Å². The molecule has 18 heavy (non-hydrogen) atoms. The van der Waals surface area contributed by atoms with Crippen molar-refractivity contribution >= 4 is 28.6 Å². The van der Waals surface area contributed by atoms with Crippen LogP contribution >= 0.6 is 11.8 Å². The second-order valence-corrected chi connectivity index (χ2v) is 4.92. The van der Waals surface area contributed by atoms with Crippen LogP contribution in [0.15, 0.2) is 24.3 Å². The van der Waals surface area contributed by atoms with Crippen LogP contribution in [0.25, 0.3) is 10.9 Å². The zero-order valence-corrected chi connectivity index (χ0v) is 10.9. The summed E-state index contributed by atoms with van der Waals surface area (Å²) < 4.78 is 5.61. The summed E-state index contributed by atoms with van der Waals surface area (Å²) in [5.41, 5.74) is 1.01. The molecule has 2 N–H and O–H groups in total. The Morgan fingerprint density at radius 3 is 3.00 bits per heavy atom. The zero-order chi connectivity index (χ0) is 13.0. The van der Waals surface area contributed by atoms with Crippen molar-refractivity contribution in [1.29, 1.82) is 0 Å². The van der Waals surface area contributed by atoms with Crippen LogP contribution in [-0.2, 0) is 0 Å². The Balaban J connectivity index is 2.09. The maximum atomic E-state index is 10.8. The molecule has 0 fully saturated rings. The van der Waals surface area contributed by atoms with Crippen molar-refractivity contribution in [3.63, 3.8) is 0 Å². The predicted octanol–water partition coefficient (Wildman–Crippen LogP) is 3.00. The van der Waals surface area contributed by atoms with Crippen molar-refractivity contribution in [2.75, 3.05) is 18.6 Å². The standard InChI is InChI=1S/C13H15NO3S/c1-18-6-2-5-17-10-3-4-11-9(7-10)8-12(14-11)13(15)16/h3-4,7-8,14H,2,5-6H2,1H3,(H,15,16). The number of H-pyrrole nitrogens is 1. The third-order valence-electron chi connectivity index (χ3n) is 2.58. The quantitative estimate of drug-likeness (QED) is 0.788. The first-order valence-corrected chi connectivity index (χ1v) is 7.08. The number of rotatable bonds is 6. The number of ether oxygens (including phenoxy) is 1. The van der Waals surface area contributed by atoms with Crippen molar-refractivity contribution in [1.82, 2.24) is 4.98 Å². The summed E-state index contributed by atoms with van der Waals surface area (Å²) in [4.78, 5) is 13.7. The summed E-state index contributed by atoms with van der Waals surface area (Å²) in [6.45, 7) is 0.683. The molecule has 4 nitrogen and oxygen atoms in total. The van der Waals surface area contributed by atoms with Crippen LogP contribution in [-0.4, -0.2) is 34.7 Å². The van der Waals surface area contributed by atoms with E-state index in [2.05, 4.69) is 11.2 Å². The van der Waals surface area contributed by atoms with Gasteiger partial charge in [-0.05, 0) is 42.7 Å². The molecule has 0 aliphatic carbocycles. The molecule has 96 valence electrons. The molecule has 0 unspecified atom stereocenters. The van der Waals surface area contributed by atoms with Gasteiger partial charge in [-0.2, -0.15) is 11.8 Å². The highest BCUT2D eigenvalue weighted by atomic mass is 32.2. The smallest absolute Gasteiger partial charge is 0.352 e. The third kappa shape index (κ3) is 2.98. The van der Waals surface area contributed by atoms with Crippen molar-refractivity contribution in [3.05, 3.63) is 30.0 Å². The highest BCUT2D eigenvalue weighted by molar-refractivity contribution is 7.98. The number of fused-ring (bicyclic) bond motifs is 1. The van der Waals surface area contributed by atoms with Crippen molar-refractivity contribution in [3.8, 4) is 5.75 Å². The molecular formula is C13H15NO3S. The Labute approximate surface area is 109 Å². The van der Waals surface area contributed by atoms with E-state index in [9.17, 15) is 4.79 Å². The average Bonchev–Trinajstić information content (AvgIpc) is 2.78. The summed E-state index contributed by atoms with van der Waals surface area (Å²) in [5.74, 6) is 0.906. The van der Waals surface area contributed by atoms with Gasteiger partial charge in [0.15, 0.2) is 0 Å². The van der Waals surface area contributed by atoms with Crippen LogP contribution in [0.3, 0.4) is 0 Å². The van der Waals surface area contributed by atoms with Crippen molar-refractivity contribution in [2.45, 2.75) is 6.42 Å². The minimum absolute atomic E-state index is 0.199. The number of benzene rings is 1. The molecule has 5 heteroatoms.